The van der Waals surface area contributed by atoms with E-state index in [2.05, 4.69) is 269 Å². The predicted octanol–water partition coefficient (Wildman–Crippen LogP) is 18.3. The molecule has 0 atom stereocenters. The Morgan fingerprint density at radius 2 is 0.629 bits per heavy atom. The number of hydrogen-bond donors (Lipinski definition) is 0. The van der Waals surface area contributed by atoms with E-state index in [0.29, 0.717) is 0 Å². The summed E-state index contributed by atoms with van der Waals surface area (Å²) in [6.07, 6.45) is 0. The normalized spacial score (nSPS) is 11.7. The summed E-state index contributed by atoms with van der Waals surface area (Å²) in [6, 6.07) is 94.0. The van der Waals surface area contributed by atoms with Crippen molar-refractivity contribution in [3.63, 3.8) is 0 Å². The molecule has 0 aliphatic heterocycles. The molecule has 0 aliphatic carbocycles. The molecule has 0 N–H and O–H groups in total. The smallest absolute Gasteiger partial charge is 0.159 e. The van der Waals surface area contributed by atoms with Crippen LogP contribution in [0.3, 0.4) is 0 Å². The lowest BCUT2D eigenvalue weighted by molar-refractivity contribution is 0.669. The van der Waals surface area contributed by atoms with Crippen LogP contribution in [0.2, 0.25) is 0 Å². The van der Waals surface area contributed by atoms with Crippen LogP contribution >= 0.6 is 0 Å². The molecule has 0 amide bonds. The lowest BCUT2D eigenvalue weighted by Gasteiger charge is -2.26. The van der Waals surface area contributed by atoms with Gasteiger partial charge in [0.05, 0.1) is 39.1 Å². The van der Waals surface area contributed by atoms with Crippen molar-refractivity contribution in [2.45, 2.75) is 0 Å². The number of rotatable bonds is 8. The lowest BCUT2D eigenvalue weighted by Crippen LogP contribution is -2.10. The van der Waals surface area contributed by atoms with E-state index in [1.807, 2.05) is 6.07 Å². The van der Waals surface area contributed by atoms with E-state index in [1.165, 1.54) is 54.7 Å². The van der Waals surface area contributed by atoms with Gasteiger partial charge in [-0.25, -0.2) is 0 Å². The van der Waals surface area contributed by atoms with Gasteiger partial charge >= 0.3 is 0 Å². The first kappa shape index (κ1) is 39.8. The monoisotopic (exact) mass is 893 g/mol. The van der Waals surface area contributed by atoms with Gasteiger partial charge in [0.2, 0.25) is 0 Å². The van der Waals surface area contributed by atoms with Crippen LogP contribution in [0.25, 0.3) is 110 Å². The molecule has 3 aromatic heterocycles. The largest absolute Gasteiger partial charge is 0.454 e. The van der Waals surface area contributed by atoms with Crippen LogP contribution in [0.5, 0.6) is 0 Å². The fourth-order valence-corrected chi connectivity index (χ4v) is 11.0. The molecule has 0 spiro atoms. The van der Waals surface area contributed by atoms with Gasteiger partial charge in [-0.1, -0.05) is 188 Å². The Bertz CT molecular complexity index is 4180. The Morgan fingerprint density at radius 3 is 1.11 bits per heavy atom. The van der Waals surface area contributed by atoms with Gasteiger partial charge in [-0.05, 0) is 95.1 Å². The molecule has 0 aliphatic rings. The number of nitrogens with zero attached hydrogens (tertiary/aromatic N) is 3. The SMILES string of the molecule is c1ccc(-n2c3ccccc3c3ccccc32)c(-c2ccc(-c3ccc(N(c4ccc(-c5ccccc5-n5c6ccccc6c6ccccc65)cc4)c4cccc5c4oc4ccccc45)cc3)cc2)c1. The van der Waals surface area contributed by atoms with Gasteiger partial charge in [0.15, 0.2) is 5.58 Å². The Balaban J connectivity index is 0.841. The highest BCUT2D eigenvalue weighted by molar-refractivity contribution is 6.12. The molecule has 4 heteroatoms. The minimum atomic E-state index is 0.852. The minimum absolute atomic E-state index is 0.852. The topological polar surface area (TPSA) is 26.2 Å². The predicted molar refractivity (Wildman–Crippen MR) is 293 cm³/mol. The number of anilines is 3. The van der Waals surface area contributed by atoms with E-state index in [9.17, 15) is 0 Å². The quantitative estimate of drug-likeness (QED) is 0.152. The van der Waals surface area contributed by atoms with Crippen molar-refractivity contribution < 1.29 is 4.42 Å². The van der Waals surface area contributed by atoms with Crippen LogP contribution in [-0.4, -0.2) is 9.13 Å². The molecule has 11 aromatic carbocycles. The molecule has 328 valence electrons. The number of para-hydroxylation sites is 8. The van der Waals surface area contributed by atoms with E-state index >= 15 is 0 Å². The van der Waals surface area contributed by atoms with Crippen LogP contribution in [0, 0.1) is 0 Å². The van der Waals surface area contributed by atoms with E-state index in [4.69, 9.17) is 4.42 Å². The molecule has 4 nitrogen and oxygen atoms in total. The molecule has 14 aromatic rings. The van der Waals surface area contributed by atoms with Gasteiger partial charge in [0.1, 0.15) is 5.58 Å². The highest BCUT2D eigenvalue weighted by atomic mass is 16.3. The fourth-order valence-electron chi connectivity index (χ4n) is 11.0. The average molecular weight is 894 g/mol. The number of hydrogen-bond acceptors (Lipinski definition) is 2. The van der Waals surface area contributed by atoms with Crippen molar-refractivity contribution >= 4 is 82.6 Å². The summed E-state index contributed by atoms with van der Waals surface area (Å²) in [5.41, 5.74) is 18.8. The zero-order chi connectivity index (χ0) is 46.1. The van der Waals surface area contributed by atoms with Crippen molar-refractivity contribution in [3.05, 3.63) is 261 Å². The number of furan rings is 1. The second-order valence-corrected chi connectivity index (χ2v) is 18.0. The third kappa shape index (κ3) is 6.31. The summed E-state index contributed by atoms with van der Waals surface area (Å²) >= 11 is 0. The van der Waals surface area contributed by atoms with Crippen molar-refractivity contribution in [2.24, 2.45) is 0 Å². The first-order valence-electron chi connectivity index (χ1n) is 23.9. The second kappa shape index (κ2) is 16.2. The highest BCUT2D eigenvalue weighted by Gasteiger charge is 2.21. The van der Waals surface area contributed by atoms with Gasteiger partial charge in [-0.2, -0.15) is 0 Å². The summed E-state index contributed by atoms with van der Waals surface area (Å²) in [6.45, 7) is 0. The minimum Gasteiger partial charge on any atom is -0.454 e. The summed E-state index contributed by atoms with van der Waals surface area (Å²) in [7, 11) is 0. The summed E-state index contributed by atoms with van der Waals surface area (Å²) in [4.78, 5) is 2.33. The van der Waals surface area contributed by atoms with Crippen LogP contribution in [-0.2, 0) is 0 Å². The fraction of sp³-hybridized carbons (Fsp3) is 0. The van der Waals surface area contributed by atoms with Crippen molar-refractivity contribution in [2.75, 3.05) is 4.90 Å². The molecule has 0 saturated heterocycles. The first-order chi connectivity index (χ1) is 34.7. The van der Waals surface area contributed by atoms with Gasteiger partial charge < -0.3 is 18.5 Å². The maximum absolute atomic E-state index is 6.70. The van der Waals surface area contributed by atoms with Gasteiger partial charge in [-0.15, -0.1) is 0 Å². The van der Waals surface area contributed by atoms with E-state index in [0.717, 1.165) is 72.6 Å². The zero-order valence-corrected chi connectivity index (χ0v) is 38.1. The molecule has 70 heavy (non-hydrogen) atoms. The van der Waals surface area contributed by atoms with Gasteiger partial charge in [0.25, 0.3) is 0 Å². The average Bonchev–Trinajstić information content (AvgIpc) is 4.10. The number of aromatic nitrogens is 2. The molecule has 0 radical (unpaired) electrons. The van der Waals surface area contributed by atoms with Crippen molar-refractivity contribution in [1.82, 2.24) is 9.13 Å². The lowest BCUT2D eigenvalue weighted by atomic mass is 9.98. The number of benzene rings is 11. The van der Waals surface area contributed by atoms with Crippen LogP contribution < -0.4 is 4.90 Å². The highest BCUT2D eigenvalue weighted by Crippen LogP contribution is 2.44. The molecule has 0 unspecified atom stereocenters. The molecule has 3 heterocycles. The Kier molecular flexibility index (Phi) is 9.17. The van der Waals surface area contributed by atoms with Crippen LogP contribution in [0.1, 0.15) is 0 Å². The maximum atomic E-state index is 6.70. The summed E-state index contributed by atoms with van der Waals surface area (Å²) < 4.78 is 11.5. The van der Waals surface area contributed by atoms with E-state index in [1.54, 1.807) is 0 Å². The van der Waals surface area contributed by atoms with Crippen LogP contribution in [0.15, 0.2) is 265 Å². The summed E-state index contributed by atoms with van der Waals surface area (Å²) in [5, 5.41) is 7.21. The molecule has 0 saturated carbocycles. The van der Waals surface area contributed by atoms with Crippen molar-refractivity contribution in [1.29, 1.82) is 0 Å². The Hall–Kier alpha value is -9.38. The molecular formula is C66H43N3O. The molecule has 14 rings (SSSR count). The Labute approximate surface area is 404 Å². The third-order valence-electron chi connectivity index (χ3n) is 14.2. The van der Waals surface area contributed by atoms with Crippen molar-refractivity contribution in [3.8, 4) is 44.8 Å². The van der Waals surface area contributed by atoms with Gasteiger partial charge in [-0.3, -0.25) is 0 Å². The number of fused-ring (bicyclic) bond motifs is 9. The summed E-state index contributed by atoms with van der Waals surface area (Å²) in [5.74, 6) is 0. The van der Waals surface area contributed by atoms with Gasteiger partial charge in [0, 0.05) is 54.8 Å². The first-order valence-corrected chi connectivity index (χ1v) is 23.9. The van der Waals surface area contributed by atoms with Crippen LogP contribution in [0.4, 0.5) is 17.1 Å². The Morgan fingerprint density at radius 1 is 0.271 bits per heavy atom. The van der Waals surface area contributed by atoms with E-state index in [-0.39, 0.29) is 0 Å². The molecule has 0 fully saturated rings. The third-order valence-corrected chi connectivity index (χ3v) is 14.2. The molecule has 0 bridgehead atoms. The zero-order valence-electron chi connectivity index (χ0n) is 38.1. The standard InChI is InChI=1S/C66H43N3O/c1-8-24-58(68-60-26-10-3-18-52(60)53-19-4-11-27-61(53)68)50(16-1)46-34-32-44(33-35-46)45-36-40-48(41-37-45)67(64-30-15-23-57-56-22-7-14-31-65(56)70-66(57)64)49-42-38-47(39-43-49)51-17-2-9-25-59(51)69-62-28-12-5-20-54(62)55-21-6-13-29-63(55)69/h1-43H. The van der Waals surface area contributed by atoms with E-state index < -0.39 is 0 Å². The molecular weight excluding hydrogens is 851 g/mol. The maximum Gasteiger partial charge on any atom is 0.159 e. The second-order valence-electron chi connectivity index (χ2n) is 18.0.